The Bertz CT molecular complexity index is 305. The van der Waals surface area contributed by atoms with Crippen molar-refractivity contribution >= 4 is 5.97 Å². The third-order valence-corrected chi connectivity index (χ3v) is 3.68. The summed E-state index contributed by atoms with van der Waals surface area (Å²) in [5.41, 5.74) is -2.83. The summed E-state index contributed by atoms with van der Waals surface area (Å²) in [4.78, 5) is 21.9. The summed E-state index contributed by atoms with van der Waals surface area (Å²) in [7, 11) is 0. The molecule has 0 bridgehead atoms. The second-order valence-electron chi connectivity index (χ2n) is 4.91. The zero-order valence-corrected chi connectivity index (χ0v) is 9.30. The molecule has 0 aromatic carbocycles. The topological polar surface area (TPSA) is 66.7 Å². The lowest BCUT2D eigenvalue weighted by atomic mass is 9.64. The Morgan fingerprint density at radius 3 is 2.00 bits per heavy atom. The second-order valence-corrected chi connectivity index (χ2v) is 4.91. The van der Waals surface area contributed by atoms with Crippen LogP contribution in [0.2, 0.25) is 0 Å². The Morgan fingerprint density at radius 2 is 1.69 bits per heavy atom. The fourth-order valence-corrected chi connectivity index (χ4v) is 2.06. The molecule has 0 aliphatic heterocycles. The van der Waals surface area contributed by atoms with Gasteiger partial charge in [-0.05, 0) is 26.7 Å². The fraction of sp³-hybridized carbons (Fsp3) is 0.900. The highest BCUT2D eigenvalue weighted by molar-refractivity contribution is 5.75. The summed E-state index contributed by atoms with van der Waals surface area (Å²) in [6, 6.07) is 0. The summed E-state index contributed by atoms with van der Waals surface area (Å²) in [5, 5.41) is 11.9. The van der Waals surface area contributed by atoms with Crippen LogP contribution in [0.25, 0.3) is 0 Å². The summed E-state index contributed by atoms with van der Waals surface area (Å²) < 4.78 is 26.0. The number of hydrogen-bond acceptors (Lipinski definition) is 3. The minimum absolute atomic E-state index is 0.178. The van der Waals surface area contributed by atoms with E-state index in [0.717, 1.165) is 0 Å². The molecule has 1 aliphatic rings. The van der Waals surface area contributed by atoms with E-state index >= 15 is 0 Å². The molecule has 0 amide bonds. The monoisotopic (exact) mass is 235 g/mol. The van der Waals surface area contributed by atoms with Gasteiger partial charge in [-0.2, -0.15) is 4.91 Å². The highest BCUT2D eigenvalue weighted by atomic mass is 19.3. The maximum atomic E-state index is 13.0. The number of hydrogen-bond donors (Lipinski definition) is 1. The molecule has 0 heterocycles. The van der Waals surface area contributed by atoms with Gasteiger partial charge in [-0.1, -0.05) is 5.18 Å². The fourth-order valence-electron chi connectivity index (χ4n) is 2.06. The van der Waals surface area contributed by atoms with E-state index in [9.17, 15) is 18.5 Å². The average molecular weight is 235 g/mol. The Hall–Kier alpha value is -1.07. The normalized spacial score (nSPS) is 23.8. The molecular formula is C10H15F2NO3. The molecule has 1 fully saturated rings. The SMILES string of the molecule is CC(C)(C(=O)O)C1(N=O)CCC(F)(F)CC1. The summed E-state index contributed by atoms with van der Waals surface area (Å²) in [5.74, 6) is -3.99. The lowest BCUT2D eigenvalue weighted by molar-refractivity contribution is -0.155. The van der Waals surface area contributed by atoms with Gasteiger partial charge in [-0.3, -0.25) is 4.79 Å². The molecule has 4 nitrogen and oxygen atoms in total. The minimum atomic E-state index is -2.80. The number of nitroso groups, excluding NO2 is 1. The van der Waals surface area contributed by atoms with E-state index in [1.54, 1.807) is 0 Å². The lowest BCUT2D eigenvalue weighted by Crippen LogP contribution is -2.51. The third-order valence-electron chi connectivity index (χ3n) is 3.68. The van der Waals surface area contributed by atoms with E-state index in [2.05, 4.69) is 5.18 Å². The van der Waals surface area contributed by atoms with Crippen molar-refractivity contribution in [2.24, 2.45) is 10.6 Å². The lowest BCUT2D eigenvalue weighted by Gasteiger charge is -2.42. The average Bonchev–Trinajstić information content (AvgIpc) is 2.18. The number of halogens is 2. The third kappa shape index (κ3) is 1.92. The number of alkyl halides is 2. The van der Waals surface area contributed by atoms with E-state index in [1.807, 2.05) is 0 Å². The van der Waals surface area contributed by atoms with Crippen LogP contribution in [0.5, 0.6) is 0 Å². The van der Waals surface area contributed by atoms with Gasteiger partial charge in [0.2, 0.25) is 5.92 Å². The van der Waals surface area contributed by atoms with Gasteiger partial charge in [-0.15, -0.1) is 0 Å². The first-order valence-corrected chi connectivity index (χ1v) is 5.13. The largest absolute Gasteiger partial charge is 0.481 e. The van der Waals surface area contributed by atoms with Crippen molar-refractivity contribution in [3.05, 3.63) is 4.91 Å². The molecule has 0 saturated heterocycles. The second kappa shape index (κ2) is 3.75. The van der Waals surface area contributed by atoms with Crippen LogP contribution in [0.3, 0.4) is 0 Å². The number of carboxylic acids is 1. The molecule has 16 heavy (non-hydrogen) atoms. The quantitative estimate of drug-likeness (QED) is 0.765. The Labute approximate surface area is 92.0 Å². The van der Waals surface area contributed by atoms with Crippen molar-refractivity contribution in [1.82, 2.24) is 0 Å². The molecule has 1 aliphatic carbocycles. The Kier molecular flexibility index (Phi) is 3.04. The zero-order valence-electron chi connectivity index (χ0n) is 9.30. The standard InChI is InChI=1S/C10H15F2NO3/c1-8(2,7(14)15)9(13-16)3-5-10(11,12)6-4-9/h3-6H2,1-2H3,(H,14,15). The minimum Gasteiger partial charge on any atom is -0.481 e. The van der Waals surface area contributed by atoms with Gasteiger partial charge in [0, 0.05) is 12.8 Å². The number of nitrogens with zero attached hydrogens (tertiary/aromatic N) is 1. The number of carboxylic acid groups (broad SMARTS) is 1. The molecule has 1 saturated carbocycles. The highest BCUT2D eigenvalue weighted by Crippen LogP contribution is 2.49. The van der Waals surface area contributed by atoms with Crippen LogP contribution >= 0.6 is 0 Å². The van der Waals surface area contributed by atoms with E-state index < -0.39 is 35.7 Å². The predicted molar refractivity (Wildman–Crippen MR) is 53.4 cm³/mol. The molecule has 0 atom stereocenters. The van der Waals surface area contributed by atoms with Gasteiger partial charge in [-0.25, -0.2) is 8.78 Å². The molecular weight excluding hydrogens is 220 g/mol. The van der Waals surface area contributed by atoms with Gasteiger partial charge < -0.3 is 5.11 Å². The number of aliphatic carboxylic acids is 1. The van der Waals surface area contributed by atoms with Gasteiger partial charge in [0.15, 0.2) is 0 Å². The Morgan fingerprint density at radius 1 is 1.25 bits per heavy atom. The first-order valence-electron chi connectivity index (χ1n) is 5.13. The van der Waals surface area contributed by atoms with E-state index in [1.165, 1.54) is 13.8 Å². The smallest absolute Gasteiger partial charge is 0.311 e. The van der Waals surface area contributed by atoms with Gasteiger partial charge in [0.1, 0.15) is 5.54 Å². The summed E-state index contributed by atoms with van der Waals surface area (Å²) >= 11 is 0. The van der Waals surface area contributed by atoms with Crippen LogP contribution in [0.1, 0.15) is 39.5 Å². The van der Waals surface area contributed by atoms with Crippen LogP contribution in [0, 0.1) is 10.3 Å². The van der Waals surface area contributed by atoms with Crippen LogP contribution in [0.15, 0.2) is 5.18 Å². The molecule has 1 rings (SSSR count). The van der Waals surface area contributed by atoms with Crippen molar-refractivity contribution in [2.75, 3.05) is 0 Å². The molecule has 0 aromatic rings. The molecule has 0 aromatic heterocycles. The number of carbonyl (C=O) groups is 1. The number of rotatable bonds is 3. The van der Waals surface area contributed by atoms with Crippen LogP contribution < -0.4 is 0 Å². The summed E-state index contributed by atoms with van der Waals surface area (Å²) in [6.07, 6.45) is -1.31. The predicted octanol–water partition coefficient (Wildman–Crippen LogP) is 2.81. The van der Waals surface area contributed by atoms with Gasteiger partial charge in [0.05, 0.1) is 5.41 Å². The van der Waals surface area contributed by atoms with E-state index in [-0.39, 0.29) is 12.8 Å². The van der Waals surface area contributed by atoms with Crippen molar-refractivity contribution in [3.63, 3.8) is 0 Å². The van der Waals surface area contributed by atoms with Crippen LogP contribution in [-0.2, 0) is 4.79 Å². The molecule has 0 unspecified atom stereocenters. The maximum Gasteiger partial charge on any atom is 0.311 e. The van der Waals surface area contributed by atoms with Crippen molar-refractivity contribution < 1.29 is 18.7 Å². The van der Waals surface area contributed by atoms with Crippen molar-refractivity contribution in [1.29, 1.82) is 0 Å². The first-order chi connectivity index (χ1) is 7.17. The molecule has 1 N–H and O–H groups in total. The maximum absolute atomic E-state index is 13.0. The summed E-state index contributed by atoms with van der Waals surface area (Å²) in [6.45, 7) is 2.72. The first kappa shape index (κ1) is 13.0. The van der Waals surface area contributed by atoms with E-state index in [4.69, 9.17) is 5.11 Å². The van der Waals surface area contributed by atoms with Gasteiger partial charge in [0.25, 0.3) is 0 Å². The van der Waals surface area contributed by atoms with Crippen LogP contribution in [0.4, 0.5) is 8.78 Å². The van der Waals surface area contributed by atoms with Crippen LogP contribution in [-0.4, -0.2) is 22.5 Å². The van der Waals surface area contributed by atoms with Crippen molar-refractivity contribution in [3.8, 4) is 0 Å². The highest BCUT2D eigenvalue weighted by Gasteiger charge is 2.56. The molecule has 6 heteroatoms. The zero-order chi connectivity index (χ0) is 12.6. The Balaban J connectivity index is 2.98. The van der Waals surface area contributed by atoms with Crippen molar-refractivity contribution in [2.45, 2.75) is 51.0 Å². The van der Waals surface area contributed by atoms with Gasteiger partial charge >= 0.3 is 5.97 Å². The molecule has 0 radical (unpaired) electrons. The van der Waals surface area contributed by atoms with E-state index in [0.29, 0.717) is 0 Å². The molecule has 92 valence electrons. The molecule has 0 spiro atoms.